The third-order valence-electron chi connectivity index (χ3n) is 3.84. The molecular formula is C17H22FNO3. The first-order chi connectivity index (χ1) is 10.6. The summed E-state index contributed by atoms with van der Waals surface area (Å²) in [4.78, 5) is 11.9. The highest BCUT2D eigenvalue weighted by Crippen LogP contribution is 2.18. The summed E-state index contributed by atoms with van der Waals surface area (Å²) >= 11 is 0. The van der Waals surface area contributed by atoms with E-state index in [9.17, 15) is 14.3 Å². The second kappa shape index (κ2) is 8.06. The van der Waals surface area contributed by atoms with Crippen molar-refractivity contribution in [3.63, 3.8) is 0 Å². The Morgan fingerprint density at radius 1 is 1.36 bits per heavy atom. The van der Waals surface area contributed by atoms with Crippen LogP contribution in [0.1, 0.15) is 31.4 Å². The van der Waals surface area contributed by atoms with E-state index < -0.39 is 12.1 Å². The van der Waals surface area contributed by atoms with Crippen LogP contribution in [0.2, 0.25) is 0 Å². The standard InChI is InChI=1S/C17H22FNO3/c1-12(17(21)14-3-5-15(18)6-4-14)19-16(20)7-2-13-8-10-22-11-9-13/h2-7,12-13,17,21H,8-11H2,1H3,(H,19,20)/b7-2+. The minimum absolute atomic E-state index is 0.236. The van der Waals surface area contributed by atoms with E-state index in [1.165, 1.54) is 30.3 Å². The van der Waals surface area contributed by atoms with Crippen molar-refractivity contribution >= 4 is 5.91 Å². The minimum atomic E-state index is -0.874. The third-order valence-corrected chi connectivity index (χ3v) is 3.84. The maximum atomic E-state index is 12.9. The lowest BCUT2D eigenvalue weighted by atomic mass is 10.00. The molecule has 22 heavy (non-hydrogen) atoms. The summed E-state index contributed by atoms with van der Waals surface area (Å²) in [6.07, 6.45) is 4.40. The number of aliphatic hydroxyl groups is 1. The van der Waals surface area contributed by atoms with Gasteiger partial charge in [0, 0.05) is 13.2 Å². The molecule has 0 aliphatic carbocycles. The molecule has 0 spiro atoms. The van der Waals surface area contributed by atoms with E-state index in [1.54, 1.807) is 6.92 Å². The molecule has 1 aromatic rings. The first-order valence-corrected chi connectivity index (χ1v) is 7.56. The summed E-state index contributed by atoms with van der Waals surface area (Å²) in [5.74, 6) is -0.219. The summed E-state index contributed by atoms with van der Waals surface area (Å²) in [5.41, 5.74) is 0.572. The Hall–Kier alpha value is -1.72. The highest BCUT2D eigenvalue weighted by molar-refractivity contribution is 5.87. The number of ether oxygens (including phenoxy) is 1. The molecule has 1 aromatic carbocycles. The van der Waals surface area contributed by atoms with Crippen LogP contribution >= 0.6 is 0 Å². The molecule has 120 valence electrons. The molecule has 2 atom stereocenters. The van der Waals surface area contributed by atoms with Gasteiger partial charge in [-0.05, 0) is 49.5 Å². The van der Waals surface area contributed by atoms with Crippen molar-refractivity contribution in [2.45, 2.75) is 31.9 Å². The number of benzene rings is 1. The Morgan fingerprint density at radius 3 is 2.64 bits per heavy atom. The molecule has 1 saturated heterocycles. The Bertz CT molecular complexity index is 509. The molecule has 0 bridgehead atoms. The smallest absolute Gasteiger partial charge is 0.243 e. The molecule has 1 fully saturated rings. The van der Waals surface area contributed by atoms with E-state index in [1.807, 2.05) is 6.08 Å². The lowest BCUT2D eigenvalue weighted by Gasteiger charge is -2.21. The van der Waals surface area contributed by atoms with Crippen LogP contribution < -0.4 is 5.32 Å². The highest BCUT2D eigenvalue weighted by Gasteiger charge is 2.18. The van der Waals surface area contributed by atoms with Gasteiger partial charge in [-0.3, -0.25) is 4.79 Å². The molecular weight excluding hydrogens is 285 g/mol. The van der Waals surface area contributed by atoms with Crippen molar-refractivity contribution in [3.05, 3.63) is 47.8 Å². The van der Waals surface area contributed by atoms with Crippen LogP contribution in [0, 0.1) is 11.7 Å². The van der Waals surface area contributed by atoms with E-state index >= 15 is 0 Å². The molecule has 2 N–H and O–H groups in total. The molecule has 0 aromatic heterocycles. The zero-order valence-electron chi connectivity index (χ0n) is 12.7. The maximum Gasteiger partial charge on any atom is 0.243 e. The predicted octanol–water partition coefficient (Wildman–Crippen LogP) is 2.35. The fraction of sp³-hybridized carbons (Fsp3) is 0.471. The summed E-state index contributed by atoms with van der Waals surface area (Å²) < 4.78 is 18.1. The van der Waals surface area contributed by atoms with Gasteiger partial charge >= 0.3 is 0 Å². The molecule has 2 rings (SSSR count). The molecule has 4 nitrogen and oxygen atoms in total. The second-order valence-electron chi connectivity index (χ2n) is 5.60. The largest absolute Gasteiger partial charge is 0.386 e. The Labute approximate surface area is 130 Å². The number of allylic oxidation sites excluding steroid dienone is 1. The number of rotatable bonds is 5. The van der Waals surface area contributed by atoms with Crippen molar-refractivity contribution in [1.82, 2.24) is 5.32 Å². The Balaban J connectivity index is 1.84. The van der Waals surface area contributed by atoms with Crippen LogP contribution in [-0.4, -0.2) is 30.3 Å². The van der Waals surface area contributed by atoms with Crippen LogP contribution in [0.3, 0.4) is 0 Å². The second-order valence-corrected chi connectivity index (χ2v) is 5.60. The van der Waals surface area contributed by atoms with Gasteiger partial charge in [0.05, 0.1) is 12.1 Å². The number of carbonyl (C=O) groups excluding carboxylic acids is 1. The van der Waals surface area contributed by atoms with Crippen molar-refractivity contribution < 1.29 is 19.0 Å². The molecule has 1 amide bonds. The number of hydrogen-bond donors (Lipinski definition) is 2. The number of nitrogens with one attached hydrogen (secondary N) is 1. The first kappa shape index (κ1) is 16.6. The van der Waals surface area contributed by atoms with E-state index in [4.69, 9.17) is 4.74 Å². The number of amides is 1. The van der Waals surface area contributed by atoms with Gasteiger partial charge in [0.25, 0.3) is 0 Å². The van der Waals surface area contributed by atoms with E-state index in [-0.39, 0.29) is 11.7 Å². The summed E-state index contributed by atoms with van der Waals surface area (Å²) in [5, 5.41) is 12.9. The molecule has 1 aliphatic rings. The quantitative estimate of drug-likeness (QED) is 0.821. The molecule has 5 heteroatoms. The Kier molecular flexibility index (Phi) is 6.10. The van der Waals surface area contributed by atoms with Gasteiger partial charge in [-0.25, -0.2) is 4.39 Å². The van der Waals surface area contributed by atoms with E-state index in [0.717, 1.165) is 26.1 Å². The molecule has 1 heterocycles. The molecule has 0 radical (unpaired) electrons. The predicted molar refractivity (Wildman–Crippen MR) is 81.6 cm³/mol. The highest BCUT2D eigenvalue weighted by atomic mass is 19.1. The van der Waals surface area contributed by atoms with Gasteiger partial charge in [0.2, 0.25) is 5.91 Å². The monoisotopic (exact) mass is 307 g/mol. The van der Waals surface area contributed by atoms with Gasteiger partial charge in [-0.15, -0.1) is 0 Å². The summed E-state index contributed by atoms with van der Waals surface area (Å²) in [7, 11) is 0. The van der Waals surface area contributed by atoms with Crippen LogP contribution in [0.15, 0.2) is 36.4 Å². The van der Waals surface area contributed by atoms with Crippen LogP contribution in [-0.2, 0) is 9.53 Å². The average molecular weight is 307 g/mol. The molecule has 0 saturated carbocycles. The Morgan fingerprint density at radius 2 is 2.00 bits per heavy atom. The minimum Gasteiger partial charge on any atom is -0.386 e. The fourth-order valence-electron chi connectivity index (χ4n) is 2.43. The van der Waals surface area contributed by atoms with Gasteiger partial charge in [-0.1, -0.05) is 18.2 Å². The van der Waals surface area contributed by atoms with Crippen LogP contribution in [0.4, 0.5) is 4.39 Å². The number of halogens is 1. The fourth-order valence-corrected chi connectivity index (χ4v) is 2.43. The van der Waals surface area contributed by atoms with Crippen molar-refractivity contribution in [1.29, 1.82) is 0 Å². The maximum absolute atomic E-state index is 12.9. The van der Waals surface area contributed by atoms with Crippen LogP contribution in [0.25, 0.3) is 0 Å². The zero-order chi connectivity index (χ0) is 15.9. The number of aliphatic hydroxyl groups excluding tert-OH is 1. The zero-order valence-corrected chi connectivity index (χ0v) is 12.7. The van der Waals surface area contributed by atoms with Crippen molar-refractivity contribution in [2.75, 3.05) is 13.2 Å². The van der Waals surface area contributed by atoms with Gasteiger partial charge in [0.15, 0.2) is 0 Å². The van der Waals surface area contributed by atoms with Crippen molar-refractivity contribution in [3.8, 4) is 0 Å². The normalized spacial score (nSPS) is 19.0. The van der Waals surface area contributed by atoms with Gasteiger partial charge < -0.3 is 15.2 Å². The topological polar surface area (TPSA) is 58.6 Å². The van der Waals surface area contributed by atoms with E-state index in [2.05, 4.69) is 5.32 Å². The molecule has 2 unspecified atom stereocenters. The molecule has 1 aliphatic heterocycles. The first-order valence-electron chi connectivity index (χ1n) is 7.56. The third kappa shape index (κ3) is 4.93. The average Bonchev–Trinajstić information content (AvgIpc) is 2.54. The van der Waals surface area contributed by atoms with Gasteiger partial charge in [-0.2, -0.15) is 0 Å². The number of carbonyl (C=O) groups is 1. The van der Waals surface area contributed by atoms with Gasteiger partial charge in [0.1, 0.15) is 5.82 Å². The van der Waals surface area contributed by atoms with Crippen molar-refractivity contribution in [2.24, 2.45) is 5.92 Å². The summed E-state index contributed by atoms with van der Waals surface area (Å²) in [6, 6.07) is 5.15. The lowest BCUT2D eigenvalue weighted by Crippen LogP contribution is -2.36. The van der Waals surface area contributed by atoms with Crippen LogP contribution in [0.5, 0.6) is 0 Å². The lowest BCUT2D eigenvalue weighted by molar-refractivity contribution is -0.117. The number of hydrogen-bond acceptors (Lipinski definition) is 3. The summed E-state index contributed by atoms with van der Waals surface area (Å²) in [6.45, 7) is 3.18. The SMILES string of the molecule is CC(NC(=O)/C=C/C1CCOCC1)C(O)c1ccc(F)cc1. The van der Waals surface area contributed by atoms with E-state index in [0.29, 0.717) is 11.5 Å².